The average molecular weight is 540 g/mol. The maximum Gasteiger partial charge on any atom is 0.411 e. The Hall–Kier alpha value is -2.72. The summed E-state index contributed by atoms with van der Waals surface area (Å²) in [5.74, 6) is -0.987. The van der Waals surface area contributed by atoms with Crippen LogP contribution in [0.4, 0.5) is 21.0 Å². The Labute approximate surface area is 188 Å². The van der Waals surface area contributed by atoms with E-state index >= 15 is 0 Å². The summed E-state index contributed by atoms with van der Waals surface area (Å²) in [5, 5.41) is 5.01. The van der Waals surface area contributed by atoms with Crippen molar-refractivity contribution in [3.05, 3.63) is 55.5 Å². The third-order valence-electron chi connectivity index (χ3n) is 4.24. The molecule has 0 saturated carbocycles. The summed E-state index contributed by atoms with van der Waals surface area (Å²) < 4.78 is 10.5. The van der Waals surface area contributed by atoms with Crippen molar-refractivity contribution in [3.8, 4) is 0 Å². The minimum atomic E-state index is -0.745. The molecule has 2 aromatic rings. The van der Waals surface area contributed by atoms with Crippen LogP contribution in [0.5, 0.6) is 0 Å². The maximum atomic E-state index is 13.4. The lowest BCUT2D eigenvalue weighted by Gasteiger charge is -2.24. The summed E-state index contributed by atoms with van der Waals surface area (Å²) in [5.41, 5.74) is 0.504. The molecular formula is C20H16Br2N2O6. The Balaban J connectivity index is 2.17. The van der Waals surface area contributed by atoms with Crippen molar-refractivity contribution in [2.24, 2.45) is 0 Å². The second-order valence-electron chi connectivity index (χ2n) is 6.04. The number of hydrogen-bond donors (Lipinski definition) is 2. The average Bonchev–Trinajstić information content (AvgIpc) is 2.69. The second kappa shape index (κ2) is 8.97. The first-order chi connectivity index (χ1) is 14.3. The predicted molar refractivity (Wildman–Crippen MR) is 116 cm³/mol. The summed E-state index contributed by atoms with van der Waals surface area (Å²) in [7, 11) is 0. The molecule has 0 saturated heterocycles. The molecule has 0 spiro atoms. The molecule has 0 unspecified atom stereocenters. The van der Waals surface area contributed by atoms with Crippen molar-refractivity contribution in [2.45, 2.75) is 13.8 Å². The number of ketones is 2. The summed E-state index contributed by atoms with van der Waals surface area (Å²) in [6, 6.07) is 6.11. The van der Waals surface area contributed by atoms with Gasteiger partial charge in [-0.3, -0.25) is 20.2 Å². The second-order valence-corrected chi connectivity index (χ2v) is 7.75. The summed E-state index contributed by atoms with van der Waals surface area (Å²) in [4.78, 5) is 50.6. The molecule has 3 rings (SSSR count). The number of hydrogen-bond acceptors (Lipinski definition) is 6. The van der Waals surface area contributed by atoms with E-state index in [1.807, 2.05) is 0 Å². The van der Waals surface area contributed by atoms with Crippen LogP contribution < -0.4 is 10.6 Å². The van der Waals surface area contributed by atoms with Crippen LogP contribution in [-0.2, 0) is 9.47 Å². The van der Waals surface area contributed by atoms with Gasteiger partial charge in [0.1, 0.15) is 0 Å². The SMILES string of the molecule is CCOC(=O)Nc1ccc(Br)c2c1C(=O)c1c(Br)ccc(NC(=O)OCC)c1C2=O. The van der Waals surface area contributed by atoms with E-state index in [4.69, 9.17) is 9.47 Å². The molecule has 0 aromatic heterocycles. The van der Waals surface area contributed by atoms with Crippen molar-refractivity contribution < 1.29 is 28.7 Å². The van der Waals surface area contributed by atoms with Crippen LogP contribution in [-0.4, -0.2) is 37.0 Å². The van der Waals surface area contributed by atoms with Crippen molar-refractivity contribution in [1.29, 1.82) is 0 Å². The molecule has 1 aliphatic rings. The van der Waals surface area contributed by atoms with Gasteiger partial charge in [-0.25, -0.2) is 9.59 Å². The first-order valence-electron chi connectivity index (χ1n) is 8.92. The zero-order chi connectivity index (χ0) is 22.0. The highest BCUT2D eigenvalue weighted by molar-refractivity contribution is 9.10. The molecule has 0 aliphatic heterocycles. The maximum absolute atomic E-state index is 13.4. The topological polar surface area (TPSA) is 111 Å². The minimum absolute atomic E-state index is 0.0314. The van der Waals surface area contributed by atoms with Gasteiger partial charge >= 0.3 is 12.2 Å². The number of nitrogens with one attached hydrogen (secondary N) is 2. The van der Waals surface area contributed by atoms with Crippen LogP contribution in [0.15, 0.2) is 33.2 Å². The highest BCUT2D eigenvalue weighted by Crippen LogP contribution is 2.41. The van der Waals surface area contributed by atoms with Gasteiger partial charge in [0.25, 0.3) is 0 Å². The summed E-state index contributed by atoms with van der Waals surface area (Å²) >= 11 is 6.62. The fourth-order valence-electron chi connectivity index (χ4n) is 3.08. The molecule has 30 heavy (non-hydrogen) atoms. The molecule has 156 valence electrons. The fraction of sp³-hybridized carbons (Fsp3) is 0.200. The van der Waals surface area contributed by atoms with Crippen LogP contribution in [0.1, 0.15) is 45.7 Å². The Morgan fingerprint density at radius 2 is 1.10 bits per heavy atom. The van der Waals surface area contributed by atoms with Gasteiger partial charge in [0.2, 0.25) is 0 Å². The predicted octanol–water partition coefficient (Wildman–Crippen LogP) is 5.12. The number of benzene rings is 2. The van der Waals surface area contributed by atoms with E-state index in [0.717, 1.165) is 0 Å². The van der Waals surface area contributed by atoms with Gasteiger partial charge in [0, 0.05) is 8.95 Å². The van der Waals surface area contributed by atoms with Crippen LogP contribution in [0.25, 0.3) is 0 Å². The lowest BCUT2D eigenvalue weighted by Crippen LogP contribution is -2.27. The number of anilines is 2. The van der Waals surface area contributed by atoms with Crippen LogP contribution in [0.3, 0.4) is 0 Å². The van der Waals surface area contributed by atoms with E-state index in [0.29, 0.717) is 8.95 Å². The van der Waals surface area contributed by atoms with Gasteiger partial charge < -0.3 is 9.47 Å². The molecule has 10 heteroatoms. The smallest absolute Gasteiger partial charge is 0.411 e. The molecule has 2 N–H and O–H groups in total. The van der Waals surface area contributed by atoms with E-state index in [2.05, 4.69) is 42.5 Å². The van der Waals surface area contributed by atoms with Crippen molar-refractivity contribution in [1.82, 2.24) is 0 Å². The molecule has 0 atom stereocenters. The quantitative estimate of drug-likeness (QED) is 0.476. The highest BCUT2D eigenvalue weighted by Gasteiger charge is 2.37. The Morgan fingerprint density at radius 3 is 1.43 bits per heavy atom. The summed E-state index contributed by atoms with van der Waals surface area (Å²) in [6.07, 6.45) is -1.49. The van der Waals surface area contributed by atoms with Gasteiger partial charge in [-0.1, -0.05) is 31.9 Å². The number of rotatable bonds is 4. The Bertz CT molecular complexity index is 998. The largest absolute Gasteiger partial charge is 0.450 e. The zero-order valence-electron chi connectivity index (χ0n) is 15.9. The number of ether oxygens (including phenoxy) is 2. The first-order valence-corrected chi connectivity index (χ1v) is 10.5. The number of fused-ring (bicyclic) bond motifs is 2. The monoisotopic (exact) mass is 538 g/mol. The zero-order valence-corrected chi connectivity index (χ0v) is 19.1. The molecule has 2 aromatic carbocycles. The lowest BCUT2D eigenvalue weighted by atomic mass is 9.82. The van der Waals surface area contributed by atoms with Crippen LogP contribution in [0, 0.1) is 0 Å². The normalized spacial score (nSPS) is 12.0. The van der Waals surface area contributed by atoms with Gasteiger partial charge in [-0.05, 0) is 38.1 Å². The van der Waals surface area contributed by atoms with Gasteiger partial charge in [0.15, 0.2) is 11.6 Å². The van der Waals surface area contributed by atoms with Gasteiger partial charge in [-0.2, -0.15) is 0 Å². The lowest BCUT2D eigenvalue weighted by molar-refractivity contribution is 0.0979. The van der Waals surface area contributed by atoms with Crippen LogP contribution >= 0.6 is 31.9 Å². The van der Waals surface area contributed by atoms with Crippen molar-refractivity contribution >= 4 is 67.0 Å². The third-order valence-corrected chi connectivity index (χ3v) is 5.56. The van der Waals surface area contributed by atoms with E-state index in [1.54, 1.807) is 26.0 Å². The minimum Gasteiger partial charge on any atom is -0.450 e. The van der Waals surface area contributed by atoms with E-state index < -0.39 is 23.8 Å². The van der Waals surface area contributed by atoms with Crippen molar-refractivity contribution in [3.63, 3.8) is 0 Å². The van der Waals surface area contributed by atoms with Gasteiger partial charge in [-0.15, -0.1) is 0 Å². The van der Waals surface area contributed by atoms with Crippen LogP contribution in [0.2, 0.25) is 0 Å². The number of carbonyl (C=O) groups excluding carboxylic acids is 4. The molecule has 8 nitrogen and oxygen atoms in total. The highest BCUT2D eigenvalue weighted by atomic mass is 79.9. The Morgan fingerprint density at radius 1 is 0.733 bits per heavy atom. The fourth-order valence-corrected chi connectivity index (χ4v) is 4.10. The molecule has 0 radical (unpaired) electrons. The number of halogens is 2. The Kier molecular flexibility index (Phi) is 6.57. The van der Waals surface area contributed by atoms with E-state index in [9.17, 15) is 19.2 Å². The molecule has 2 amide bonds. The van der Waals surface area contributed by atoms with Crippen molar-refractivity contribution in [2.75, 3.05) is 23.8 Å². The van der Waals surface area contributed by atoms with E-state index in [1.165, 1.54) is 12.1 Å². The third kappa shape index (κ3) is 3.97. The molecular weight excluding hydrogens is 524 g/mol. The molecule has 1 aliphatic carbocycles. The number of amides is 2. The van der Waals surface area contributed by atoms with Gasteiger partial charge in [0.05, 0.1) is 46.8 Å². The molecule has 0 fully saturated rings. The number of carbonyl (C=O) groups is 4. The molecule has 0 heterocycles. The molecule has 0 bridgehead atoms. The standard InChI is InChI=1S/C20H16Br2N2O6/c1-3-29-19(27)23-11-7-5-9(21)13-15(11)17(25)14-10(22)6-8-12(16(14)18(13)26)24-20(28)30-4-2/h5-8H,3-4H2,1-2H3,(H,23,27)(H,24,28). The first kappa shape index (κ1) is 22.0. The van der Waals surface area contributed by atoms with E-state index in [-0.39, 0.29) is 46.8 Å². The summed E-state index contributed by atoms with van der Waals surface area (Å²) in [6.45, 7) is 3.59.